The van der Waals surface area contributed by atoms with Gasteiger partial charge in [0.2, 0.25) is 5.91 Å². The van der Waals surface area contributed by atoms with Gasteiger partial charge in [0.25, 0.3) is 10.0 Å². The first-order valence-corrected chi connectivity index (χ1v) is 8.80. The molecule has 0 bridgehead atoms. The second kappa shape index (κ2) is 6.91. The molecule has 1 heterocycles. The van der Waals surface area contributed by atoms with E-state index in [-0.39, 0.29) is 9.90 Å². The molecule has 0 fully saturated rings. The molecule has 124 valence electrons. The summed E-state index contributed by atoms with van der Waals surface area (Å²) in [5.41, 5.74) is -0.361. The van der Waals surface area contributed by atoms with E-state index in [2.05, 4.69) is 5.32 Å². The number of nitrogens with one attached hydrogen (secondary N) is 1. The van der Waals surface area contributed by atoms with Gasteiger partial charge in [0, 0.05) is 13.1 Å². The van der Waals surface area contributed by atoms with Crippen molar-refractivity contribution in [3.8, 4) is 0 Å². The number of anilines is 1. The minimum absolute atomic E-state index is 0.0188. The number of hydrogen-bond acceptors (Lipinski definition) is 4. The number of benzene rings is 1. The molecule has 0 aliphatic carbocycles. The number of halogens is 3. The lowest BCUT2D eigenvalue weighted by Gasteiger charge is -2.15. The summed E-state index contributed by atoms with van der Waals surface area (Å²) in [5.74, 6) is -2.35. The summed E-state index contributed by atoms with van der Waals surface area (Å²) in [7, 11) is -2.69. The molecule has 0 saturated carbocycles. The summed E-state index contributed by atoms with van der Waals surface area (Å²) in [6.07, 6.45) is 0. The Morgan fingerprint density at radius 2 is 2.00 bits per heavy atom. The maximum atomic E-state index is 13.4. The van der Waals surface area contributed by atoms with Gasteiger partial charge in [-0.2, -0.15) is 4.31 Å². The number of rotatable bonds is 5. The summed E-state index contributed by atoms with van der Waals surface area (Å²) in [5, 5.41) is 2.13. The normalized spacial score (nSPS) is 11.7. The Morgan fingerprint density at radius 3 is 2.61 bits per heavy atom. The Hall–Kier alpha value is -1.55. The Bertz CT molecular complexity index is 839. The fourth-order valence-electron chi connectivity index (χ4n) is 1.66. The van der Waals surface area contributed by atoms with Crippen LogP contribution >= 0.6 is 22.9 Å². The molecule has 0 aliphatic rings. The average Bonchev–Trinajstić information content (AvgIpc) is 2.90. The first kappa shape index (κ1) is 17.8. The third-order valence-corrected chi connectivity index (χ3v) is 6.28. The Labute approximate surface area is 140 Å². The molecule has 5 nitrogen and oxygen atoms in total. The standard InChI is InChI=1S/C13H11ClF2N2O3S2/c1-18(23(20,21)13-5-4-11(14)22-13)7-12(19)17-10-6-8(15)2-3-9(10)16/h2-6H,7H2,1H3,(H,17,19). The molecule has 1 N–H and O–H groups in total. The van der Waals surface area contributed by atoms with Gasteiger partial charge in [-0.3, -0.25) is 4.79 Å². The zero-order chi connectivity index (χ0) is 17.2. The molecule has 23 heavy (non-hydrogen) atoms. The molecular formula is C13H11ClF2N2O3S2. The van der Waals surface area contributed by atoms with Crippen LogP contribution in [-0.2, 0) is 14.8 Å². The summed E-state index contributed by atoms with van der Waals surface area (Å²) >= 11 is 6.55. The molecule has 0 atom stereocenters. The van der Waals surface area contributed by atoms with E-state index in [0.29, 0.717) is 4.34 Å². The van der Waals surface area contributed by atoms with Gasteiger partial charge in [-0.25, -0.2) is 17.2 Å². The van der Waals surface area contributed by atoms with E-state index in [9.17, 15) is 22.0 Å². The fourth-order valence-corrected chi connectivity index (χ4v) is 4.48. The number of carbonyl (C=O) groups is 1. The summed E-state index contributed by atoms with van der Waals surface area (Å²) in [6, 6.07) is 5.32. The largest absolute Gasteiger partial charge is 0.322 e. The van der Waals surface area contributed by atoms with Gasteiger partial charge < -0.3 is 5.32 Å². The molecule has 0 radical (unpaired) electrons. The molecule has 0 unspecified atom stereocenters. The second-order valence-electron chi connectivity index (χ2n) is 4.49. The van der Waals surface area contributed by atoms with E-state index in [1.165, 1.54) is 19.2 Å². The van der Waals surface area contributed by atoms with Crippen molar-refractivity contribution in [1.82, 2.24) is 4.31 Å². The van der Waals surface area contributed by atoms with Gasteiger partial charge >= 0.3 is 0 Å². The molecule has 0 aliphatic heterocycles. The van der Waals surface area contributed by atoms with E-state index in [0.717, 1.165) is 33.8 Å². The second-order valence-corrected chi connectivity index (χ2v) is 8.48. The highest BCUT2D eigenvalue weighted by molar-refractivity contribution is 7.91. The zero-order valence-corrected chi connectivity index (χ0v) is 14.1. The van der Waals surface area contributed by atoms with Gasteiger partial charge in [-0.15, -0.1) is 11.3 Å². The minimum Gasteiger partial charge on any atom is -0.322 e. The van der Waals surface area contributed by atoms with E-state index in [1.807, 2.05) is 0 Å². The monoisotopic (exact) mass is 380 g/mol. The van der Waals surface area contributed by atoms with Gasteiger partial charge in [0.1, 0.15) is 15.8 Å². The first-order valence-electron chi connectivity index (χ1n) is 6.17. The van der Waals surface area contributed by atoms with Crippen molar-refractivity contribution >= 4 is 44.6 Å². The molecule has 1 aromatic heterocycles. The van der Waals surface area contributed by atoms with Crippen molar-refractivity contribution in [3.63, 3.8) is 0 Å². The third kappa shape index (κ3) is 4.25. The number of hydrogen-bond donors (Lipinski definition) is 1. The van der Waals surface area contributed by atoms with Crippen LogP contribution in [0.4, 0.5) is 14.5 Å². The number of amides is 1. The van der Waals surface area contributed by atoms with Gasteiger partial charge in [-0.1, -0.05) is 11.6 Å². The summed E-state index contributed by atoms with van der Waals surface area (Å²) in [4.78, 5) is 11.8. The predicted molar refractivity (Wildman–Crippen MR) is 84.1 cm³/mol. The number of sulfonamides is 1. The molecule has 0 saturated heterocycles. The lowest BCUT2D eigenvalue weighted by Crippen LogP contribution is -2.34. The van der Waals surface area contributed by atoms with Crippen LogP contribution in [0.5, 0.6) is 0 Å². The van der Waals surface area contributed by atoms with Gasteiger partial charge in [0.15, 0.2) is 0 Å². The van der Waals surface area contributed by atoms with Crippen LogP contribution in [0.3, 0.4) is 0 Å². The van der Waals surface area contributed by atoms with Crippen LogP contribution in [0.15, 0.2) is 34.5 Å². The van der Waals surface area contributed by atoms with Crippen LogP contribution in [0.25, 0.3) is 0 Å². The van der Waals surface area contributed by atoms with Crippen LogP contribution in [0.1, 0.15) is 0 Å². The van der Waals surface area contributed by atoms with Gasteiger partial charge in [-0.05, 0) is 24.3 Å². The van der Waals surface area contributed by atoms with Crippen LogP contribution in [0, 0.1) is 11.6 Å². The smallest absolute Gasteiger partial charge is 0.252 e. The molecule has 1 amide bonds. The number of likely N-dealkylation sites (N-methyl/N-ethyl adjacent to an activating group) is 1. The lowest BCUT2D eigenvalue weighted by atomic mass is 10.3. The van der Waals surface area contributed by atoms with Crippen LogP contribution in [0.2, 0.25) is 4.34 Å². The number of nitrogens with zero attached hydrogens (tertiary/aromatic N) is 1. The van der Waals surface area contributed by atoms with Gasteiger partial charge in [0.05, 0.1) is 16.6 Å². The summed E-state index contributed by atoms with van der Waals surface area (Å²) < 4.78 is 52.0. The topological polar surface area (TPSA) is 66.5 Å². The molecule has 0 spiro atoms. The zero-order valence-electron chi connectivity index (χ0n) is 11.7. The molecule has 2 aromatic rings. The van der Waals surface area contributed by atoms with Crippen LogP contribution < -0.4 is 5.32 Å². The fraction of sp³-hybridized carbons (Fsp3) is 0.154. The van der Waals surface area contributed by atoms with Crippen molar-refractivity contribution in [2.24, 2.45) is 0 Å². The van der Waals surface area contributed by atoms with Crippen molar-refractivity contribution in [2.75, 3.05) is 18.9 Å². The quantitative estimate of drug-likeness (QED) is 0.867. The average molecular weight is 381 g/mol. The number of thiophene rings is 1. The Morgan fingerprint density at radius 1 is 1.30 bits per heavy atom. The van der Waals surface area contributed by atoms with E-state index < -0.39 is 34.1 Å². The Balaban J connectivity index is 2.09. The minimum atomic E-state index is -3.89. The maximum Gasteiger partial charge on any atom is 0.252 e. The molecule has 10 heteroatoms. The molecule has 2 rings (SSSR count). The molecular weight excluding hydrogens is 370 g/mol. The highest BCUT2D eigenvalue weighted by Gasteiger charge is 2.25. The number of carbonyl (C=O) groups excluding carboxylic acids is 1. The highest BCUT2D eigenvalue weighted by Crippen LogP contribution is 2.27. The predicted octanol–water partition coefficient (Wildman–Crippen LogP) is 2.94. The van der Waals surface area contributed by atoms with Crippen LogP contribution in [-0.4, -0.2) is 32.2 Å². The van der Waals surface area contributed by atoms with E-state index in [4.69, 9.17) is 11.6 Å². The van der Waals surface area contributed by atoms with Crippen molar-refractivity contribution in [3.05, 3.63) is 46.3 Å². The summed E-state index contributed by atoms with van der Waals surface area (Å²) in [6.45, 7) is -0.562. The maximum absolute atomic E-state index is 13.4. The van der Waals surface area contributed by atoms with E-state index in [1.54, 1.807) is 0 Å². The third-order valence-electron chi connectivity index (χ3n) is 2.78. The Kier molecular flexibility index (Phi) is 5.35. The highest BCUT2D eigenvalue weighted by atomic mass is 35.5. The van der Waals surface area contributed by atoms with Crippen molar-refractivity contribution in [1.29, 1.82) is 0 Å². The van der Waals surface area contributed by atoms with Crippen molar-refractivity contribution < 1.29 is 22.0 Å². The lowest BCUT2D eigenvalue weighted by molar-refractivity contribution is -0.116. The molecule has 1 aromatic carbocycles. The SMILES string of the molecule is CN(CC(=O)Nc1cc(F)ccc1F)S(=O)(=O)c1ccc(Cl)s1. The van der Waals surface area contributed by atoms with E-state index >= 15 is 0 Å². The van der Waals surface area contributed by atoms with Crippen molar-refractivity contribution in [2.45, 2.75) is 4.21 Å². The first-order chi connectivity index (χ1) is 10.7.